The molecular weight excluding hydrogens is 453 g/mol. The van der Waals surface area contributed by atoms with Gasteiger partial charge < -0.3 is 9.64 Å². The van der Waals surface area contributed by atoms with Crippen molar-refractivity contribution < 1.29 is 9.30 Å². The number of allylic oxidation sites excluding steroid dienone is 2. The summed E-state index contributed by atoms with van der Waals surface area (Å²) in [4.78, 5) is 5.07. The number of thioether (sulfide) groups is 1. The minimum atomic E-state index is 0.908. The number of aromatic nitrogens is 1. The molecule has 0 amide bonds. The van der Waals surface area contributed by atoms with Gasteiger partial charge in [0.05, 0.1) is 17.8 Å². The molecule has 5 rings (SSSR count). The van der Waals surface area contributed by atoms with Crippen molar-refractivity contribution in [1.29, 1.82) is 0 Å². The summed E-state index contributed by atoms with van der Waals surface area (Å²) < 4.78 is 10.7. The molecule has 1 aliphatic rings. The van der Waals surface area contributed by atoms with Gasteiger partial charge in [-0.2, -0.15) is 4.57 Å². The van der Waals surface area contributed by atoms with Crippen LogP contribution in [0.1, 0.15) is 32.2 Å². The Bertz CT molecular complexity index is 1360. The van der Waals surface area contributed by atoms with Crippen LogP contribution in [0.2, 0.25) is 0 Å². The second-order valence-electron chi connectivity index (χ2n) is 7.65. The van der Waals surface area contributed by atoms with E-state index in [9.17, 15) is 0 Å². The van der Waals surface area contributed by atoms with Crippen molar-refractivity contribution in [3.8, 4) is 5.75 Å². The average molecular weight is 480 g/mol. The van der Waals surface area contributed by atoms with Crippen LogP contribution in [-0.4, -0.2) is 13.7 Å². The molecule has 0 unspecified atom stereocenters. The molecule has 0 spiro atoms. The van der Waals surface area contributed by atoms with Gasteiger partial charge in [-0.05, 0) is 50.1 Å². The summed E-state index contributed by atoms with van der Waals surface area (Å²) in [5.41, 5.74) is 2.59. The lowest BCUT2D eigenvalue weighted by Crippen LogP contribution is -2.32. The largest absolute Gasteiger partial charge is 0.497 e. The van der Waals surface area contributed by atoms with Crippen LogP contribution >= 0.6 is 34.4 Å². The van der Waals surface area contributed by atoms with Crippen molar-refractivity contribution in [3.05, 3.63) is 64.2 Å². The summed E-state index contributed by atoms with van der Waals surface area (Å²) in [6.45, 7) is 8.62. The molecule has 0 N–H and O–H groups in total. The zero-order chi connectivity index (χ0) is 22.2. The maximum absolute atomic E-state index is 5.46. The summed E-state index contributed by atoms with van der Waals surface area (Å²) in [5, 5.41) is 4.00. The zero-order valence-corrected chi connectivity index (χ0v) is 21.3. The fourth-order valence-corrected chi connectivity index (χ4v) is 8.12. The number of hydrogen-bond donors (Lipinski definition) is 0. The summed E-state index contributed by atoms with van der Waals surface area (Å²) in [5.74, 6) is 0.908. The third kappa shape index (κ3) is 3.64. The highest BCUT2D eigenvalue weighted by atomic mass is 32.2. The molecule has 4 aromatic rings. The molecular formula is C26H27N2OS3+. The monoisotopic (exact) mass is 479 g/mol. The Hall–Kier alpha value is -2.28. The van der Waals surface area contributed by atoms with Crippen molar-refractivity contribution in [2.75, 3.05) is 18.6 Å². The molecule has 1 aliphatic heterocycles. The molecule has 0 saturated heterocycles. The minimum Gasteiger partial charge on any atom is -0.497 e. The van der Waals surface area contributed by atoms with Crippen molar-refractivity contribution in [2.45, 2.75) is 38.6 Å². The number of thiazole rings is 1. The molecule has 3 nitrogen and oxygen atoms in total. The first-order valence-corrected chi connectivity index (χ1v) is 13.5. The van der Waals surface area contributed by atoms with Crippen LogP contribution in [0.3, 0.4) is 0 Å². The lowest BCUT2D eigenvalue weighted by atomic mass is 10.2. The third-order valence-electron chi connectivity index (χ3n) is 5.85. The first-order valence-electron chi connectivity index (χ1n) is 11.1. The van der Waals surface area contributed by atoms with Gasteiger partial charge in [0.15, 0.2) is 0 Å². The highest BCUT2D eigenvalue weighted by Gasteiger charge is 2.26. The van der Waals surface area contributed by atoms with Gasteiger partial charge in [0, 0.05) is 33.7 Å². The maximum Gasteiger partial charge on any atom is 0.281 e. The van der Waals surface area contributed by atoms with E-state index in [4.69, 9.17) is 4.74 Å². The first kappa shape index (κ1) is 21.6. The Morgan fingerprint density at radius 2 is 1.94 bits per heavy atom. The fourth-order valence-electron chi connectivity index (χ4n) is 4.16. The summed E-state index contributed by atoms with van der Waals surface area (Å²) in [6, 6.07) is 15.1. The fraction of sp³-hybridized carbons (Fsp3) is 0.269. The molecule has 0 atom stereocenters. The zero-order valence-electron chi connectivity index (χ0n) is 18.8. The Balaban J connectivity index is 1.56. The summed E-state index contributed by atoms with van der Waals surface area (Å²) >= 11 is 5.67. The number of thiophene rings is 1. The maximum atomic E-state index is 5.46. The van der Waals surface area contributed by atoms with Gasteiger partial charge >= 0.3 is 0 Å². The number of hydrogen-bond acceptors (Lipinski definition) is 5. The summed E-state index contributed by atoms with van der Waals surface area (Å²) in [7, 11) is 1.73. The Kier molecular flexibility index (Phi) is 6.01. The van der Waals surface area contributed by atoms with Gasteiger partial charge in [-0.3, -0.25) is 0 Å². The highest BCUT2D eigenvalue weighted by molar-refractivity contribution is 8.03. The highest BCUT2D eigenvalue weighted by Crippen LogP contribution is 2.47. The van der Waals surface area contributed by atoms with Crippen LogP contribution in [-0.2, 0) is 6.54 Å². The van der Waals surface area contributed by atoms with Crippen molar-refractivity contribution in [2.24, 2.45) is 0 Å². The van der Waals surface area contributed by atoms with Crippen molar-refractivity contribution in [1.82, 2.24) is 0 Å². The second-order valence-corrected chi connectivity index (χ2v) is 10.8. The molecule has 0 aliphatic carbocycles. The van der Waals surface area contributed by atoms with E-state index in [-0.39, 0.29) is 0 Å². The van der Waals surface area contributed by atoms with E-state index in [1.54, 1.807) is 7.11 Å². The molecule has 2 aromatic heterocycles. The van der Waals surface area contributed by atoms with E-state index >= 15 is 0 Å². The third-order valence-corrected chi connectivity index (χ3v) is 9.45. The van der Waals surface area contributed by atoms with Crippen LogP contribution in [0.15, 0.2) is 64.0 Å². The lowest BCUT2D eigenvalue weighted by molar-refractivity contribution is -0.663. The number of anilines is 1. The number of methoxy groups -OCH3 is 1. The molecule has 0 bridgehead atoms. The first-order chi connectivity index (χ1) is 15.7. The number of rotatable bonds is 6. The molecule has 0 fully saturated rings. The van der Waals surface area contributed by atoms with Gasteiger partial charge in [0.1, 0.15) is 17.0 Å². The van der Waals surface area contributed by atoms with E-state index in [1.807, 2.05) is 40.5 Å². The molecule has 3 heterocycles. The SMILES string of the molecule is CCC(=Cc1sc2c3ccccc3sc2[n+]1CC)C=C1Sc2ccc(OC)cc2N1CC. The smallest absolute Gasteiger partial charge is 0.281 e. The van der Waals surface area contributed by atoms with Gasteiger partial charge in [-0.1, -0.05) is 59.6 Å². The lowest BCUT2D eigenvalue weighted by Gasteiger charge is -2.18. The van der Waals surface area contributed by atoms with Crippen LogP contribution < -0.4 is 14.2 Å². The Morgan fingerprint density at radius 1 is 1.09 bits per heavy atom. The molecule has 0 saturated carbocycles. The molecule has 32 heavy (non-hydrogen) atoms. The van der Waals surface area contributed by atoms with E-state index < -0.39 is 0 Å². The minimum absolute atomic E-state index is 0.908. The number of ether oxygens (including phenoxy) is 1. The second kappa shape index (κ2) is 8.93. The predicted molar refractivity (Wildman–Crippen MR) is 141 cm³/mol. The standard InChI is InChI=1S/C26H27N2OS3/c1-5-17(14-23-27(6-2)20-16-18(29-4)12-13-22(20)30-23)15-24-28(7-3)26-25(32-24)19-10-8-9-11-21(19)31-26/h8-16H,5-7H2,1-4H3/q+1. The Labute approximate surface area is 201 Å². The molecule has 6 heteroatoms. The van der Waals surface area contributed by atoms with E-state index in [0.29, 0.717) is 0 Å². The van der Waals surface area contributed by atoms with E-state index in [1.165, 1.54) is 45.8 Å². The van der Waals surface area contributed by atoms with Gasteiger partial charge in [0.2, 0.25) is 0 Å². The topological polar surface area (TPSA) is 16.4 Å². The van der Waals surface area contributed by atoms with Crippen molar-refractivity contribution >= 4 is 65.8 Å². The van der Waals surface area contributed by atoms with Crippen molar-refractivity contribution in [3.63, 3.8) is 0 Å². The van der Waals surface area contributed by atoms with Crippen LogP contribution in [0, 0.1) is 0 Å². The number of benzene rings is 2. The van der Waals surface area contributed by atoms with Crippen LogP contribution in [0.25, 0.3) is 25.7 Å². The normalized spacial score (nSPS) is 15.3. The summed E-state index contributed by atoms with van der Waals surface area (Å²) in [6.07, 6.45) is 5.75. The van der Waals surface area contributed by atoms with Gasteiger partial charge in [-0.25, -0.2) is 0 Å². The van der Waals surface area contributed by atoms with Gasteiger partial charge in [0.25, 0.3) is 9.84 Å². The number of aryl methyl sites for hydroxylation is 1. The molecule has 2 aromatic carbocycles. The predicted octanol–water partition coefficient (Wildman–Crippen LogP) is 7.70. The quantitative estimate of drug-likeness (QED) is 0.264. The van der Waals surface area contributed by atoms with E-state index in [2.05, 4.69) is 78.8 Å². The van der Waals surface area contributed by atoms with E-state index in [0.717, 1.165) is 25.3 Å². The van der Waals surface area contributed by atoms with Gasteiger partial charge in [-0.15, -0.1) is 0 Å². The Morgan fingerprint density at radius 3 is 2.69 bits per heavy atom. The van der Waals surface area contributed by atoms with Crippen LogP contribution in [0.5, 0.6) is 5.75 Å². The average Bonchev–Trinajstić information content (AvgIpc) is 3.46. The molecule has 0 radical (unpaired) electrons. The number of nitrogens with zero attached hydrogens (tertiary/aromatic N) is 2. The van der Waals surface area contributed by atoms with Crippen LogP contribution in [0.4, 0.5) is 5.69 Å². The number of fused-ring (bicyclic) bond motifs is 4. The molecule has 164 valence electrons.